The van der Waals surface area contributed by atoms with Crippen molar-refractivity contribution >= 4 is 17.6 Å². The minimum absolute atomic E-state index is 0.286. The summed E-state index contributed by atoms with van der Waals surface area (Å²) >= 11 is 5.90. The van der Waals surface area contributed by atoms with E-state index < -0.39 is 5.97 Å². The maximum absolute atomic E-state index is 10.4. The average molecular weight is 282 g/mol. The largest absolute Gasteiger partial charge is 0.481 e. The van der Waals surface area contributed by atoms with Gasteiger partial charge in [-0.15, -0.1) is 0 Å². The van der Waals surface area contributed by atoms with Crippen molar-refractivity contribution in [1.29, 1.82) is 0 Å². The minimum Gasteiger partial charge on any atom is -0.481 e. The third-order valence-electron chi connectivity index (χ3n) is 3.73. The number of rotatable bonds is 6. The lowest BCUT2D eigenvalue weighted by atomic mass is 9.99. The number of halogens is 1. The third-order valence-corrected chi connectivity index (χ3v) is 3.98. The van der Waals surface area contributed by atoms with Crippen molar-refractivity contribution in [2.24, 2.45) is 0 Å². The molecule has 0 aromatic heterocycles. The Labute approximate surface area is 119 Å². The highest BCUT2D eigenvalue weighted by molar-refractivity contribution is 6.30. The van der Waals surface area contributed by atoms with E-state index in [-0.39, 0.29) is 6.42 Å². The van der Waals surface area contributed by atoms with Crippen LogP contribution in [0.3, 0.4) is 0 Å². The predicted molar refractivity (Wildman–Crippen MR) is 76.7 cm³/mol. The van der Waals surface area contributed by atoms with Gasteiger partial charge in [-0.25, -0.2) is 0 Å². The molecule has 2 rings (SSSR count). The molecule has 0 amide bonds. The molecule has 1 unspecified atom stereocenters. The van der Waals surface area contributed by atoms with Crippen LogP contribution >= 0.6 is 11.6 Å². The smallest absolute Gasteiger partial charge is 0.303 e. The molecule has 0 aliphatic carbocycles. The number of carboxylic acids is 1. The Hall–Kier alpha value is -1.06. The highest BCUT2D eigenvalue weighted by Gasteiger charge is 2.23. The molecule has 1 saturated heterocycles. The number of likely N-dealkylation sites (tertiary alicyclic amines) is 1. The van der Waals surface area contributed by atoms with Gasteiger partial charge in [0.15, 0.2) is 0 Å². The first kappa shape index (κ1) is 14.4. The van der Waals surface area contributed by atoms with Gasteiger partial charge in [-0.3, -0.25) is 4.79 Å². The number of carbonyl (C=O) groups is 1. The van der Waals surface area contributed by atoms with Crippen molar-refractivity contribution in [2.45, 2.75) is 31.6 Å². The third kappa shape index (κ3) is 4.51. The standard InChI is InChI=1S/C15H20ClNO2/c16-14-6-4-12(5-7-14)13-8-10-17(11-13)9-2-1-3-15(18)19/h4-7,13H,1-3,8-11H2,(H,18,19). The SMILES string of the molecule is O=C(O)CCCCN1CCC(c2ccc(Cl)cc2)C1. The second-order valence-electron chi connectivity index (χ2n) is 5.19. The quantitative estimate of drug-likeness (QED) is 0.813. The Balaban J connectivity index is 1.74. The van der Waals surface area contributed by atoms with Crippen LogP contribution in [0.25, 0.3) is 0 Å². The Bertz CT molecular complexity index is 419. The summed E-state index contributed by atoms with van der Waals surface area (Å²) in [5.41, 5.74) is 1.36. The van der Waals surface area contributed by atoms with Gasteiger partial charge in [-0.2, -0.15) is 0 Å². The molecule has 1 fully saturated rings. The van der Waals surface area contributed by atoms with Crippen LogP contribution < -0.4 is 0 Å². The number of benzene rings is 1. The second-order valence-corrected chi connectivity index (χ2v) is 5.63. The molecular weight excluding hydrogens is 262 g/mol. The van der Waals surface area contributed by atoms with E-state index in [2.05, 4.69) is 17.0 Å². The predicted octanol–water partition coefficient (Wildman–Crippen LogP) is 3.38. The Kier molecular flexibility index (Phi) is 5.23. The molecule has 0 spiro atoms. The lowest BCUT2D eigenvalue weighted by Gasteiger charge is -2.15. The van der Waals surface area contributed by atoms with Gasteiger partial charge in [0.1, 0.15) is 0 Å². The molecule has 1 aromatic rings. The van der Waals surface area contributed by atoms with Gasteiger partial charge >= 0.3 is 5.97 Å². The van der Waals surface area contributed by atoms with E-state index in [4.69, 9.17) is 16.7 Å². The molecule has 0 radical (unpaired) electrons. The van der Waals surface area contributed by atoms with Crippen LogP contribution in [0.5, 0.6) is 0 Å². The van der Waals surface area contributed by atoms with Crippen LogP contribution in [0.2, 0.25) is 5.02 Å². The molecule has 4 heteroatoms. The maximum Gasteiger partial charge on any atom is 0.303 e. The summed E-state index contributed by atoms with van der Waals surface area (Å²) in [7, 11) is 0. The van der Waals surface area contributed by atoms with Crippen molar-refractivity contribution in [3.05, 3.63) is 34.9 Å². The van der Waals surface area contributed by atoms with E-state index in [1.807, 2.05) is 12.1 Å². The van der Waals surface area contributed by atoms with Crippen LogP contribution in [0, 0.1) is 0 Å². The van der Waals surface area contributed by atoms with Gasteiger partial charge in [-0.05, 0) is 56.0 Å². The highest BCUT2D eigenvalue weighted by Crippen LogP contribution is 2.28. The monoisotopic (exact) mass is 281 g/mol. The van der Waals surface area contributed by atoms with Gasteiger partial charge in [0.2, 0.25) is 0 Å². The first-order valence-electron chi connectivity index (χ1n) is 6.85. The fourth-order valence-electron chi connectivity index (χ4n) is 2.65. The summed E-state index contributed by atoms with van der Waals surface area (Å²) in [6, 6.07) is 8.13. The molecule has 19 heavy (non-hydrogen) atoms. The lowest BCUT2D eigenvalue weighted by molar-refractivity contribution is -0.137. The van der Waals surface area contributed by atoms with Gasteiger partial charge in [0.05, 0.1) is 0 Å². The minimum atomic E-state index is -0.694. The maximum atomic E-state index is 10.4. The molecule has 104 valence electrons. The average Bonchev–Trinajstić information content (AvgIpc) is 2.84. The van der Waals surface area contributed by atoms with E-state index in [1.165, 1.54) is 12.0 Å². The summed E-state index contributed by atoms with van der Waals surface area (Å²) in [6.45, 7) is 3.20. The van der Waals surface area contributed by atoms with Gasteiger partial charge in [0, 0.05) is 18.0 Å². The zero-order valence-electron chi connectivity index (χ0n) is 11.0. The fraction of sp³-hybridized carbons (Fsp3) is 0.533. The normalized spacial score (nSPS) is 19.7. The Morgan fingerprint density at radius 2 is 2.05 bits per heavy atom. The summed E-state index contributed by atoms with van der Waals surface area (Å²) < 4.78 is 0. The van der Waals surface area contributed by atoms with Gasteiger partial charge in [-0.1, -0.05) is 23.7 Å². The summed E-state index contributed by atoms with van der Waals surface area (Å²) in [5, 5.41) is 9.38. The molecule has 1 N–H and O–H groups in total. The molecule has 1 aromatic carbocycles. The molecule has 1 aliphatic rings. The van der Waals surface area contributed by atoms with Gasteiger partial charge in [0.25, 0.3) is 0 Å². The van der Waals surface area contributed by atoms with Crippen LogP contribution in [0.1, 0.15) is 37.2 Å². The van der Waals surface area contributed by atoms with E-state index in [1.54, 1.807) is 0 Å². The van der Waals surface area contributed by atoms with E-state index >= 15 is 0 Å². The van der Waals surface area contributed by atoms with E-state index in [0.29, 0.717) is 5.92 Å². The molecule has 1 heterocycles. The molecule has 0 saturated carbocycles. The molecule has 0 bridgehead atoms. The van der Waals surface area contributed by atoms with Gasteiger partial charge < -0.3 is 10.0 Å². The summed E-state index contributed by atoms with van der Waals surface area (Å²) in [5.74, 6) is -0.0998. The zero-order valence-corrected chi connectivity index (χ0v) is 11.8. The van der Waals surface area contributed by atoms with Crippen LogP contribution in [-0.4, -0.2) is 35.6 Å². The Morgan fingerprint density at radius 1 is 1.32 bits per heavy atom. The van der Waals surface area contributed by atoms with Crippen molar-refractivity contribution in [3.63, 3.8) is 0 Å². The molecule has 3 nitrogen and oxygen atoms in total. The first-order valence-corrected chi connectivity index (χ1v) is 7.22. The second kappa shape index (κ2) is 6.92. The van der Waals surface area contributed by atoms with Crippen molar-refractivity contribution in [3.8, 4) is 0 Å². The number of nitrogens with zero attached hydrogens (tertiary/aromatic N) is 1. The molecule has 1 atom stereocenters. The Morgan fingerprint density at radius 3 is 2.74 bits per heavy atom. The number of hydrogen-bond acceptors (Lipinski definition) is 2. The lowest BCUT2D eigenvalue weighted by Crippen LogP contribution is -2.21. The fourth-order valence-corrected chi connectivity index (χ4v) is 2.78. The topological polar surface area (TPSA) is 40.5 Å². The number of hydrogen-bond donors (Lipinski definition) is 1. The molecular formula is C15H20ClNO2. The zero-order chi connectivity index (χ0) is 13.7. The van der Waals surface area contributed by atoms with E-state index in [9.17, 15) is 4.79 Å². The van der Waals surface area contributed by atoms with Crippen molar-refractivity contribution < 1.29 is 9.90 Å². The summed E-state index contributed by atoms with van der Waals surface area (Å²) in [4.78, 5) is 12.9. The van der Waals surface area contributed by atoms with Crippen LogP contribution in [-0.2, 0) is 4.79 Å². The van der Waals surface area contributed by atoms with E-state index in [0.717, 1.165) is 37.5 Å². The highest BCUT2D eigenvalue weighted by atomic mass is 35.5. The van der Waals surface area contributed by atoms with Crippen molar-refractivity contribution in [2.75, 3.05) is 19.6 Å². The number of carboxylic acid groups (broad SMARTS) is 1. The van der Waals surface area contributed by atoms with Crippen molar-refractivity contribution in [1.82, 2.24) is 4.90 Å². The van der Waals surface area contributed by atoms with Crippen LogP contribution in [0.4, 0.5) is 0 Å². The summed E-state index contributed by atoms with van der Waals surface area (Å²) in [6.07, 6.45) is 3.21. The molecule has 1 aliphatic heterocycles. The number of aliphatic carboxylic acids is 1. The number of unbranched alkanes of at least 4 members (excludes halogenated alkanes) is 1. The first-order chi connectivity index (χ1) is 9.15. The van der Waals surface area contributed by atoms with Crippen LogP contribution in [0.15, 0.2) is 24.3 Å².